The first-order valence-electron chi connectivity index (χ1n) is 4.68. The number of nitrogens with one attached hydrogen (secondary N) is 1. The highest BCUT2D eigenvalue weighted by Gasteiger charge is 2.10. The third kappa shape index (κ3) is 3.37. The van der Waals surface area contributed by atoms with Gasteiger partial charge in [-0.2, -0.15) is 0 Å². The van der Waals surface area contributed by atoms with Crippen LogP contribution in [0, 0.1) is 0 Å². The van der Waals surface area contributed by atoms with Crippen molar-refractivity contribution in [1.82, 2.24) is 15.4 Å². The number of nitrogens with two attached hydrogens (primary N) is 1. The fraction of sp³-hybridized carbons (Fsp3) is 0.556. The molecular weight excluding hydrogens is 180 g/mol. The molecule has 0 aliphatic rings. The Balaban J connectivity index is 2.46. The Kier molecular flexibility index (Phi) is 5.06. The van der Waals surface area contributed by atoms with E-state index in [1.165, 1.54) is 0 Å². The van der Waals surface area contributed by atoms with E-state index in [1.54, 1.807) is 18.6 Å². The third-order valence-electron chi connectivity index (χ3n) is 1.90. The quantitative estimate of drug-likeness (QED) is 0.391. The van der Waals surface area contributed by atoms with E-state index in [-0.39, 0.29) is 6.04 Å². The van der Waals surface area contributed by atoms with Crippen molar-refractivity contribution in [3.63, 3.8) is 0 Å². The molecule has 14 heavy (non-hydrogen) atoms. The molecule has 1 rings (SSSR count). The van der Waals surface area contributed by atoms with E-state index in [1.807, 2.05) is 6.92 Å². The fourth-order valence-corrected chi connectivity index (χ4v) is 1.15. The van der Waals surface area contributed by atoms with E-state index in [2.05, 4.69) is 15.4 Å². The molecule has 0 amide bonds. The van der Waals surface area contributed by atoms with Gasteiger partial charge in [0, 0.05) is 25.6 Å². The molecule has 5 nitrogen and oxygen atoms in total. The minimum atomic E-state index is 0.00949. The minimum absolute atomic E-state index is 0.00949. The van der Waals surface area contributed by atoms with Gasteiger partial charge in [-0.15, -0.1) is 0 Å². The van der Waals surface area contributed by atoms with E-state index >= 15 is 0 Å². The van der Waals surface area contributed by atoms with Crippen molar-refractivity contribution in [3.8, 4) is 0 Å². The van der Waals surface area contributed by atoms with Gasteiger partial charge in [0.25, 0.3) is 0 Å². The Morgan fingerprint density at radius 3 is 3.00 bits per heavy atom. The van der Waals surface area contributed by atoms with Crippen molar-refractivity contribution in [2.24, 2.45) is 5.84 Å². The SMILES string of the molecule is CCOCCC(NN)c1cnccn1. The zero-order valence-electron chi connectivity index (χ0n) is 8.31. The second-order valence-corrected chi connectivity index (χ2v) is 2.84. The van der Waals surface area contributed by atoms with Crippen LogP contribution in [0.4, 0.5) is 0 Å². The molecule has 1 atom stereocenters. The molecule has 0 spiro atoms. The number of ether oxygens (including phenoxy) is 1. The normalized spacial score (nSPS) is 12.7. The first kappa shape index (κ1) is 11.0. The van der Waals surface area contributed by atoms with Crippen LogP contribution in [0.2, 0.25) is 0 Å². The smallest absolute Gasteiger partial charge is 0.0770 e. The van der Waals surface area contributed by atoms with E-state index < -0.39 is 0 Å². The maximum Gasteiger partial charge on any atom is 0.0770 e. The summed E-state index contributed by atoms with van der Waals surface area (Å²) < 4.78 is 5.24. The van der Waals surface area contributed by atoms with Gasteiger partial charge in [-0.1, -0.05) is 0 Å². The van der Waals surface area contributed by atoms with Crippen LogP contribution in [0.25, 0.3) is 0 Å². The molecule has 1 unspecified atom stereocenters. The van der Waals surface area contributed by atoms with Crippen LogP contribution >= 0.6 is 0 Å². The largest absolute Gasteiger partial charge is 0.382 e. The highest BCUT2D eigenvalue weighted by Crippen LogP contribution is 2.11. The Morgan fingerprint density at radius 2 is 2.43 bits per heavy atom. The predicted molar refractivity (Wildman–Crippen MR) is 53.2 cm³/mol. The van der Waals surface area contributed by atoms with Crippen molar-refractivity contribution >= 4 is 0 Å². The highest BCUT2D eigenvalue weighted by atomic mass is 16.5. The van der Waals surface area contributed by atoms with Crippen LogP contribution in [-0.2, 0) is 4.74 Å². The van der Waals surface area contributed by atoms with Gasteiger partial charge in [-0.25, -0.2) is 0 Å². The second-order valence-electron chi connectivity index (χ2n) is 2.84. The molecule has 0 aromatic carbocycles. The Hall–Kier alpha value is -1.04. The van der Waals surface area contributed by atoms with Crippen molar-refractivity contribution in [3.05, 3.63) is 24.3 Å². The molecule has 0 saturated carbocycles. The Labute approximate surface area is 83.7 Å². The molecule has 0 fully saturated rings. The van der Waals surface area contributed by atoms with E-state index in [9.17, 15) is 0 Å². The van der Waals surface area contributed by atoms with E-state index in [0.717, 1.165) is 18.7 Å². The third-order valence-corrected chi connectivity index (χ3v) is 1.90. The lowest BCUT2D eigenvalue weighted by molar-refractivity contribution is 0.136. The van der Waals surface area contributed by atoms with Crippen LogP contribution in [0.3, 0.4) is 0 Å². The average molecular weight is 196 g/mol. The molecule has 0 aliphatic carbocycles. The molecule has 0 saturated heterocycles. The monoisotopic (exact) mass is 196 g/mol. The maximum atomic E-state index is 5.41. The molecule has 1 heterocycles. The van der Waals surface area contributed by atoms with Gasteiger partial charge in [0.05, 0.1) is 17.9 Å². The van der Waals surface area contributed by atoms with Crippen LogP contribution < -0.4 is 11.3 Å². The average Bonchev–Trinajstić information content (AvgIpc) is 2.26. The summed E-state index contributed by atoms with van der Waals surface area (Å²) in [5, 5.41) is 0. The summed E-state index contributed by atoms with van der Waals surface area (Å²) in [6, 6.07) is 0.00949. The van der Waals surface area contributed by atoms with Gasteiger partial charge >= 0.3 is 0 Å². The summed E-state index contributed by atoms with van der Waals surface area (Å²) in [6.07, 6.45) is 5.79. The van der Waals surface area contributed by atoms with Crippen molar-refractivity contribution in [2.75, 3.05) is 13.2 Å². The standard InChI is InChI=1S/C9H16N4O/c1-2-14-6-3-8(13-10)9-7-11-4-5-12-9/h4-5,7-8,13H,2-3,6,10H2,1H3. The highest BCUT2D eigenvalue weighted by molar-refractivity contribution is 5.01. The first-order valence-corrected chi connectivity index (χ1v) is 4.68. The van der Waals surface area contributed by atoms with E-state index in [4.69, 9.17) is 10.6 Å². The van der Waals surface area contributed by atoms with Gasteiger partial charge in [0.15, 0.2) is 0 Å². The van der Waals surface area contributed by atoms with Gasteiger partial charge < -0.3 is 4.74 Å². The maximum absolute atomic E-state index is 5.41. The summed E-state index contributed by atoms with van der Waals surface area (Å²) in [6.45, 7) is 3.35. The van der Waals surface area contributed by atoms with Crippen LogP contribution in [0.1, 0.15) is 25.1 Å². The zero-order chi connectivity index (χ0) is 10.2. The molecule has 3 N–H and O–H groups in total. The van der Waals surface area contributed by atoms with Crippen LogP contribution in [0.15, 0.2) is 18.6 Å². The van der Waals surface area contributed by atoms with Crippen LogP contribution in [0.5, 0.6) is 0 Å². The lowest BCUT2D eigenvalue weighted by atomic mass is 10.1. The molecule has 0 radical (unpaired) electrons. The molecule has 1 aromatic heterocycles. The number of hydrogen-bond donors (Lipinski definition) is 2. The summed E-state index contributed by atoms with van der Waals surface area (Å²) in [5.74, 6) is 5.41. The first-order chi connectivity index (χ1) is 6.88. The number of rotatable bonds is 6. The van der Waals surface area contributed by atoms with Crippen molar-refractivity contribution in [1.29, 1.82) is 0 Å². The van der Waals surface area contributed by atoms with Crippen molar-refractivity contribution in [2.45, 2.75) is 19.4 Å². The molecule has 5 heteroatoms. The molecular formula is C9H16N4O. The molecule has 0 bridgehead atoms. The predicted octanol–water partition coefficient (Wildman–Crippen LogP) is 0.408. The Morgan fingerprint density at radius 1 is 1.57 bits per heavy atom. The van der Waals surface area contributed by atoms with Gasteiger partial charge in [-0.05, 0) is 13.3 Å². The molecule has 1 aromatic rings. The van der Waals surface area contributed by atoms with Gasteiger partial charge in [0.2, 0.25) is 0 Å². The number of nitrogens with zero attached hydrogens (tertiary/aromatic N) is 2. The van der Waals surface area contributed by atoms with Gasteiger partial charge in [-0.3, -0.25) is 21.2 Å². The fourth-order valence-electron chi connectivity index (χ4n) is 1.15. The number of hydrogen-bond acceptors (Lipinski definition) is 5. The van der Waals surface area contributed by atoms with Crippen LogP contribution in [-0.4, -0.2) is 23.2 Å². The summed E-state index contributed by atoms with van der Waals surface area (Å²) in [4.78, 5) is 8.15. The lowest BCUT2D eigenvalue weighted by Gasteiger charge is -2.14. The summed E-state index contributed by atoms with van der Waals surface area (Å²) in [5.41, 5.74) is 3.54. The van der Waals surface area contributed by atoms with Crippen molar-refractivity contribution < 1.29 is 4.74 Å². The lowest BCUT2D eigenvalue weighted by Crippen LogP contribution is -2.29. The number of hydrazine groups is 1. The second kappa shape index (κ2) is 6.42. The minimum Gasteiger partial charge on any atom is -0.382 e. The molecule has 78 valence electrons. The summed E-state index contributed by atoms with van der Waals surface area (Å²) >= 11 is 0. The topological polar surface area (TPSA) is 73.1 Å². The number of aromatic nitrogens is 2. The zero-order valence-corrected chi connectivity index (χ0v) is 8.31. The summed E-state index contributed by atoms with van der Waals surface area (Å²) in [7, 11) is 0. The Bertz CT molecular complexity index is 242. The molecule has 0 aliphatic heterocycles. The van der Waals surface area contributed by atoms with Gasteiger partial charge in [0.1, 0.15) is 0 Å². The van der Waals surface area contributed by atoms with E-state index in [0.29, 0.717) is 6.61 Å².